The zero-order chi connectivity index (χ0) is 33.7. The summed E-state index contributed by atoms with van der Waals surface area (Å²) in [7, 11) is 0. The summed E-state index contributed by atoms with van der Waals surface area (Å²) >= 11 is 0. The van der Waals surface area contributed by atoms with Gasteiger partial charge < -0.3 is 13.9 Å². The van der Waals surface area contributed by atoms with Gasteiger partial charge in [0.2, 0.25) is 5.89 Å². The zero-order valence-corrected chi connectivity index (χ0v) is 27.6. The summed E-state index contributed by atoms with van der Waals surface area (Å²) in [5, 5.41) is 4.99. The Labute approximate surface area is 295 Å². The van der Waals surface area contributed by atoms with Crippen molar-refractivity contribution in [2.24, 2.45) is 0 Å². The van der Waals surface area contributed by atoms with Gasteiger partial charge in [-0.1, -0.05) is 97.1 Å². The van der Waals surface area contributed by atoms with E-state index in [9.17, 15) is 0 Å². The molecule has 0 aliphatic carbocycles. The Morgan fingerprint density at radius 2 is 0.961 bits per heavy atom. The summed E-state index contributed by atoms with van der Waals surface area (Å²) < 4.78 is 8.44. The third-order valence-corrected chi connectivity index (χ3v) is 9.82. The van der Waals surface area contributed by atoms with Crippen LogP contribution in [-0.2, 0) is 0 Å². The van der Waals surface area contributed by atoms with E-state index in [4.69, 9.17) is 9.40 Å². The molecule has 0 unspecified atom stereocenters. The highest BCUT2D eigenvalue weighted by molar-refractivity contribution is 6.09. The first kappa shape index (κ1) is 29.0. The summed E-state index contributed by atoms with van der Waals surface area (Å²) in [4.78, 5) is 7.03. The van der Waals surface area contributed by atoms with Gasteiger partial charge in [0.15, 0.2) is 5.58 Å². The van der Waals surface area contributed by atoms with Gasteiger partial charge in [-0.3, -0.25) is 0 Å². The predicted octanol–water partition coefficient (Wildman–Crippen LogP) is 12.9. The minimum atomic E-state index is 0.615. The number of rotatable bonds is 6. The quantitative estimate of drug-likeness (QED) is 0.179. The molecule has 4 nitrogen and oxygen atoms in total. The number of oxazole rings is 1. The molecule has 0 aliphatic heterocycles. The number of para-hydroxylation sites is 4. The van der Waals surface area contributed by atoms with Crippen molar-refractivity contribution in [1.29, 1.82) is 0 Å². The summed E-state index contributed by atoms with van der Waals surface area (Å²) in [6.45, 7) is 0. The van der Waals surface area contributed by atoms with E-state index in [2.05, 4.69) is 173 Å². The lowest BCUT2D eigenvalue weighted by atomic mass is 10.0. The van der Waals surface area contributed by atoms with Crippen LogP contribution in [0.2, 0.25) is 0 Å². The van der Waals surface area contributed by atoms with Crippen LogP contribution in [0.15, 0.2) is 192 Å². The molecule has 0 spiro atoms. The second kappa shape index (κ2) is 11.9. The van der Waals surface area contributed by atoms with E-state index in [1.807, 2.05) is 24.3 Å². The molecule has 240 valence electrons. The maximum atomic E-state index is 6.09. The Morgan fingerprint density at radius 3 is 1.63 bits per heavy atom. The monoisotopic (exact) mass is 653 g/mol. The van der Waals surface area contributed by atoms with Crippen molar-refractivity contribution < 1.29 is 4.42 Å². The van der Waals surface area contributed by atoms with Gasteiger partial charge in [0.1, 0.15) is 5.52 Å². The van der Waals surface area contributed by atoms with Gasteiger partial charge in [0, 0.05) is 39.1 Å². The highest BCUT2D eigenvalue weighted by atomic mass is 16.3. The minimum Gasteiger partial charge on any atom is -0.436 e. The molecular formula is C47H31N3O. The van der Waals surface area contributed by atoms with Gasteiger partial charge in [-0.05, 0) is 113 Å². The lowest BCUT2D eigenvalue weighted by Crippen LogP contribution is -2.10. The van der Waals surface area contributed by atoms with Crippen molar-refractivity contribution in [3.05, 3.63) is 188 Å². The topological polar surface area (TPSA) is 34.2 Å². The van der Waals surface area contributed by atoms with Crippen molar-refractivity contribution >= 4 is 60.7 Å². The molecule has 0 fully saturated rings. The molecule has 2 aromatic heterocycles. The fourth-order valence-electron chi connectivity index (χ4n) is 7.32. The second-order valence-corrected chi connectivity index (χ2v) is 12.9. The minimum absolute atomic E-state index is 0.615. The van der Waals surface area contributed by atoms with Crippen LogP contribution >= 0.6 is 0 Å². The summed E-state index contributed by atoms with van der Waals surface area (Å²) in [6.07, 6.45) is 0. The molecule has 0 N–H and O–H groups in total. The molecule has 10 aromatic rings. The number of fused-ring (bicyclic) bond motifs is 5. The Hall–Kier alpha value is -6.91. The molecule has 8 aromatic carbocycles. The van der Waals surface area contributed by atoms with E-state index >= 15 is 0 Å². The van der Waals surface area contributed by atoms with Crippen molar-refractivity contribution in [2.75, 3.05) is 4.90 Å². The first-order valence-electron chi connectivity index (χ1n) is 17.2. The first-order valence-corrected chi connectivity index (χ1v) is 17.2. The smallest absolute Gasteiger partial charge is 0.227 e. The summed E-state index contributed by atoms with van der Waals surface area (Å²) in [5.41, 5.74) is 11.6. The molecule has 0 saturated heterocycles. The summed E-state index contributed by atoms with van der Waals surface area (Å²) in [6, 6.07) is 66.5. The lowest BCUT2D eigenvalue weighted by molar-refractivity contribution is 0.620. The second-order valence-electron chi connectivity index (χ2n) is 12.9. The Kier molecular flexibility index (Phi) is 6.78. The van der Waals surface area contributed by atoms with Crippen LogP contribution in [0.25, 0.3) is 71.9 Å². The maximum Gasteiger partial charge on any atom is 0.227 e. The van der Waals surface area contributed by atoms with Crippen molar-refractivity contribution in [2.45, 2.75) is 0 Å². The fraction of sp³-hybridized carbons (Fsp3) is 0. The van der Waals surface area contributed by atoms with Crippen molar-refractivity contribution in [3.63, 3.8) is 0 Å². The number of nitrogens with zero attached hydrogens (tertiary/aromatic N) is 3. The van der Waals surface area contributed by atoms with E-state index in [0.29, 0.717) is 5.89 Å². The van der Waals surface area contributed by atoms with Crippen molar-refractivity contribution in [3.8, 4) is 28.3 Å². The van der Waals surface area contributed by atoms with E-state index < -0.39 is 0 Å². The lowest BCUT2D eigenvalue weighted by Gasteiger charge is -2.26. The highest BCUT2D eigenvalue weighted by Crippen LogP contribution is 2.39. The number of aromatic nitrogens is 2. The van der Waals surface area contributed by atoms with Crippen LogP contribution in [0.4, 0.5) is 17.1 Å². The Balaban J connectivity index is 1.06. The molecular weight excluding hydrogens is 623 g/mol. The molecule has 0 aliphatic rings. The molecule has 0 saturated carbocycles. The standard InChI is InChI=1S/C47H31N3O/c1-2-10-35-31-36(18-17-32(35)9-1)33-19-23-37(24-20-33)49(38-25-21-34(22-26-38)47-48-43-13-5-8-16-46(43)51-47)39-27-29-40(30-28-39)50-44-14-6-3-11-41(44)42-12-4-7-15-45(42)50/h1-31H. The van der Waals surface area contributed by atoms with Crippen LogP contribution < -0.4 is 4.90 Å². The van der Waals surface area contributed by atoms with Crippen LogP contribution in [-0.4, -0.2) is 9.55 Å². The van der Waals surface area contributed by atoms with E-state index in [1.54, 1.807) is 0 Å². The number of hydrogen-bond donors (Lipinski definition) is 0. The molecule has 0 bridgehead atoms. The van der Waals surface area contributed by atoms with Gasteiger partial charge in [0.05, 0.1) is 11.0 Å². The molecule has 4 heteroatoms. The van der Waals surface area contributed by atoms with Crippen LogP contribution in [0.5, 0.6) is 0 Å². The Morgan fingerprint density at radius 1 is 0.431 bits per heavy atom. The molecule has 2 heterocycles. The number of benzene rings is 8. The average Bonchev–Trinajstić information content (AvgIpc) is 3.79. The molecule has 51 heavy (non-hydrogen) atoms. The van der Waals surface area contributed by atoms with Crippen LogP contribution in [0, 0.1) is 0 Å². The predicted molar refractivity (Wildman–Crippen MR) is 211 cm³/mol. The zero-order valence-electron chi connectivity index (χ0n) is 27.6. The maximum absolute atomic E-state index is 6.09. The number of anilines is 3. The third kappa shape index (κ3) is 5.04. The summed E-state index contributed by atoms with van der Waals surface area (Å²) in [5.74, 6) is 0.615. The molecule has 0 radical (unpaired) electrons. The molecule has 0 amide bonds. The van der Waals surface area contributed by atoms with Gasteiger partial charge in [-0.15, -0.1) is 0 Å². The fourth-order valence-corrected chi connectivity index (χ4v) is 7.32. The molecule has 10 rings (SSSR count). The van der Waals surface area contributed by atoms with Crippen LogP contribution in [0.3, 0.4) is 0 Å². The van der Waals surface area contributed by atoms with E-state index in [-0.39, 0.29) is 0 Å². The normalized spacial score (nSPS) is 11.5. The van der Waals surface area contributed by atoms with Crippen molar-refractivity contribution in [1.82, 2.24) is 9.55 Å². The average molecular weight is 654 g/mol. The Bertz CT molecular complexity index is 2760. The largest absolute Gasteiger partial charge is 0.436 e. The third-order valence-electron chi connectivity index (χ3n) is 9.82. The van der Waals surface area contributed by atoms with Gasteiger partial charge in [0.25, 0.3) is 0 Å². The van der Waals surface area contributed by atoms with Gasteiger partial charge in [-0.2, -0.15) is 0 Å². The first-order chi connectivity index (χ1) is 25.3. The van der Waals surface area contributed by atoms with Gasteiger partial charge >= 0.3 is 0 Å². The molecule has 0 atom stereocenters. The number of hydrogen-bond acceptors (Lipinski definition) is 3. The van der Waals surface area contributed by atoms with Gasteiger partial charge in [-0.25, -0.2) is 4.98 Å². The van der Waals surface area contributed by atoms with E-state index in [1.165, 1.54) is 43.7 Å². The van der Waals surface area contributed by atoms with E-state index in [0.717, 1.165) is 39.4 Å². The SMILES string of the molecule is c1ccc2cc(-c3ccc(N(c4ccc(-c5nc6ccccc6o5)cc4)c4ccc(-n5c6ccccc6c6ccccc65)cc4)cc3)ccc2c1. The van der Waals surface area contributed by atoms with Crippen LogP contribution in [0.1, 0.15) is 0 Å². The highest BCUT2D eigenvalue weighted by Gasteiger charge is 2.17.